The highest BCUT2D eigenvalue weighted by molar-refractivity contribution is 5.73. The molecule has 0 aliphatic rings. The van der Waals surface area contributed by atoms with E-state index in [1.807, 2.05) is 0 Å². The third-order valence-electron chi connectivity index (χ3n) is 2.44. The van der Waals surface area contributed by atoms with Crippen molar-refractivity contribution < 1.29 is 18.7 Å². The monoisotopic (exact) mass is 270 g/mol. The van der Waals surface area contributed by atoms with Crippen LogP contribution in [0, 0.1) is 5.82 Å². The van der Waals surface area contributed by atoms with Crippen LogP contribution in [0.15, 0.2) is 24.3 Å². The minimum Gasteiger partial charge on any atom is -0.492 e. The Morgan fingerprint density at radius 1 is 1.32 bits per heavy atom. The third kappa shape index (κ3) is 6.05. The summed E-state index contributed by atoms with van der Waals surface area (Å²) >= 11 is 0. The number of likely N-dealkylation sites (N-methyl/N-ethyl adjacent to an activating group) is 1. The van der Waals surface area contributed by atoms with Crippen LogP contribution in [0.3, 0.4) is 0 Å². The highest BCUT2D eigenvalue weighted by Gasteiger charge is 2.06. The van der Waals surface area contributed by atoms with E-state index in [4.69, 9.17) is 9.47 Å². The summed E-state index contributed by atoms with van der Waals surface area (Å²) in [6.07, 6.45) is 0. The number of hydrogen-bond donors (Lipinski definition) is 1. The standard InChI is InChI=1S/C13H19FN2O3/c1-16(8-10-18-2)13(17)15-7-9-19-12-5-3-11(14)4-6-12/h3-6H,7-10H2,1-2H3,(H,15,17). The van der Waals surface area contributed by atoms with Crippen molar-refractivity contribution in [3.05, 3.63) is 30.1 Å². The van der Waals surface area contributed by atoms with Gasteiger partial charge in [0.25, 0.3) is 0 Å². The summed E-state index contributed by atoms with van der Waals surface area (Å²) in [7, 11) is 3.28. The second kappa shape index (κ2) is 8.31. The van der Waals surface area contributed by atoms with E-state index >= 15 is 0 Å². The molecule has 0 unspecified atom stereocenters. The molecule has 0 heterocycles. The summed E-state index contributed by atoms with van der Waals surface area (Å²) in [4.78, 5) is 13.1. The number of nitrogens with zero attached hydrogens (tertiary/aromatic N) is 1. The smallest absolute Gasteiger partial charge is 0.317 e. The Morgan fingerprint density at radius 3 is 2.63 bits per heavy atom. The summed E-state index contributed by atoms with van der Waals surface area (Å²) in [5, 5.41) is 2.71. The summed E-state index contributed by atoms with van der Waals surface area (Å²) in [5.41, 5.74) is 0. The number of methoxy groups -OCH3 is 1. The van der Waals surface area contributed by atoms with Gasteiger partial charge in [0.05, 0.1) is 13.2 Å². The maximum Gasteiger partial charge on any atom is 0.317 e. The van der Waals surface area contributed by atoms with Crippen LogP contribution in [-0.4, -0.2) is 51.4 Å². The number of amides is 2. The maximum atomic E-state index is 12.6. The predicted molar refractivity (Wildman–Crippen MR) is 69.8 cm³/mol. The van der Waals surface area contributed by atoms with Crippen LogP contribution in [0.1, 0.15) is 0 Å². The minimum absolute atomic E-state index is 0.181. The number of urea groups is 1. The van der Waals surface area contributed by atoms with Crippen molar-refractivity contribution in [2.75, 3.05) is 40.5 Å². The Labute approximate surface area is 112 Å². The van der Waals surface area contributed by atoms with Crippen molar-refractivity contribution in [3.8, 4) is 5.75 Å². The molecular weight excluding hydrogens is 251 g/mol. The third-order valence-corrected chi connectivity index (χ3v) is 2.44. The van der Waals surface area contributed by atoms with E-state index in [1.165, 1.54) is 17.0 Å². The molecule has 0 fully saturated rings. The second-order valence-electron chi connectivity index (χ2n) is 3.95. The Kier molecular flexibility index (Phi) is 6.67. The van der Waals surface area contributed by atoms with Crippen LogP contribution >= 0.6 is 0 Å². The van der Waals surface area contributed by atoms with E-state index in [2.05, 4.69) is 5.32 Å². The van der Waals surface area contributed by atoms with E-state index in [9.17, 15) is 9.18 Å². The zero-order valence-electron chi connectivity index (χ0n) is 11.2. The van der Waals surface area contributed by atoms with Gasteiger partial charge in [0, 0.05) is 20.7 Å². The molecule has 6 heteroatoms. The number of hydrogen-bond acceptors (Lipinski definition) is 3. The molecule has 1 aromatic rings. The average molecular weight is 270 g/mol. The first-order valence-electron chi connectivity index (χ1n) is 5.99. The SMILES string of the molecule is COCCN(C)C(=O)NCCOc1ccc(F)cc1. The fraction of sp³-hybridized carbons (Fsp3) is 0.462. The number of nitrogens with one attached hydrogen (secondary N) is 1. The minimum atomic E-state index is -0.305. The number of halogens is 1. The molecule has 0 saturated heterocycles. The molecule has 0 radical (unpaired) electrons. The van der Waals surface area contributed by atoms with Gasteiger partial charge in [-0.05, 0) is 24.3 Å². The van der Waals surface area contributed by atoms with Crippen molar-refractivity contribution in [2.45, 2.75) is 0 Å². The number of carbonyl (C=O) groups excluding carboxylic acids is 1. The van der Waals surface area contributed by atoms with Gasteiger partial charge in [-0.2, -0.15) is 0 Å². The van der Waals surface area contributed by atoms with Gasteiger partial charge < -0.3 is 19.7 Å². The van der Waals surface area contributed by atoms with E-state index < -0.39 is 0 Å². The van der Waals surface area contributed by atoms with Crippen molar-refractivity contribution >= 4 is 6.03 Å². The van der Waals surface area contributed by atoms with Gasteiger partial charge in [-0.15, -0.1) is 0 Å². The molecule has 0 saturated carbocycles. The molecule has 0 bridgehead atoms. The Morgan fingerprint density at radius 2 is 2.00 bits per heavy atom. The zero-order chi connectivity index (χ0) is 14.1. The number of rotatable bonds is 7. The molecule has 0 spiro atoms. The molecule has 1 rings (SSSR count). The van der Waals surface area contributed by atoms with E-state index in [-0.39, 0.29) is 11.8 Å². The van der Waals surface area contributed by atoms with Gasteiger partial charge >= 0.3 is 6.03 Å². The highest BCUT2D eigenvalue weighted by atomic mass is 19.1. The first-order valence-corrected chi connectivity index (χ1v) is 5.99. The van der Waals surface area contributed by atoms with Crippen molar-refractivity contribution in [1.82, 2.24) is 10.2 Å². The molecule has 1 N–H and O–H groups in total. The number of carbonyl (C=O) groups is 1. The van der Waals surface area contributed by atoms with Gasteiger partial charge in [-0.3, -0.25) is 0 Å². The van der Waals surface area contributed by atoms with Gasteiger partial charge in [-0.1, -0.05) is 0 Å². The fourth-order valence-electron chi connectivity index (χ4n) is 1.32. The average Bonchev–Trinajstić information content (AvgIpc) is 2.42. The molecule has 0 aliphatic heterocycles. The van der Waals surface area contributed by atoms with Crippen LogP contribution in [0.2, 0.25) is 0 Å². The zero-order valence-corrected chi connectivity index (χ0v) is 11.2. The van der Waals surface area contributed by atoms with Crippen LogP contribution in [-0.2, 0) is 4.74 Å². The molecular formula is C13H19FN2O3. The lowest BCUT2D eigenvalue weighted by Crippen LogP contribution is -2.40. The predicted octanol–water partition coefficient (Wildman–Crippen LogP) is 1.49. The van der Waals surface area contributed by atoms with E-state index in [0.29, 0.717) is 32.1 Å². The molecule has 2 amide bonds. The molecule has 0 aromatic heterocycles. The topological polar surface area (TPSA) is 50.8 Å². The first-order chi connectivity index (χ1) is 9.13. The van der Waals surface area contributed by atoms with Gasteiger partial charge in [0.1, 0.15) is 18.2 Å². The summed E-state index contributed by atoms with van der Waals surface area (Å²) in [6, 6.07) is 5.56. The summed E-state index contributed by atoms with van der Waals surface area (Å²) < 4.78 is 22.9. The fourth-order valence-corrected chi connectivity index (χ4v) is 1.32. The number of ether oxygens (including phenoxy) is 2. The molecule has 1 aromatic carbocycles. The lowest BCUT2D eigenvalue weighted by Gasteiger charge is -2.17. The Bertz CT molecular complexity index is 384. The van der Waals surface area contributed by atoms with Crippen LogP contribution in [0.25, 0.3) is 0 Å². The van der Waals surface area contributed by atoms with Crippen molar-refractivity contribution in [2.24, 2.45) is 0 Å². The second-order valence-corrected chi connectivity index (χ2v) is 3.95. The van der Waals surface area contributed by atoms with Crippen molar-refractivity contribution in [1.29, 1.82) is 0 Å². The Balaban J connectivity index is 2.16. The first kappa shape index (κ1) is 15.2. The lowest BCUT2D eigenvalue weighted by molar-refractivity contribution is 0.158. The van der Waals surface area contributed by atoms with Crippen LogP contribution < -0.4 is 10.1 Å². The van der Waals surface area contributed by atoms with Crippen LogP contribution in [0.4, 0.5) is 9.18 Å². The molecule has 106 valence electrons. The highest BCUT2D eigenvalue weighted by Crippen LogP contribution is 2.10. The van der Waals surface area contributed by atoms with Crippen molar-refractivity contribution in [3.63, 3.8) is 0 Å². The number of benzene rings is 1. The van der Waals surface area contributed by atoms with Gasteiger partial charge in [0.15, 0.2) is 0 Å². The van der Waals surface area contributed by atoms with E-state index in [0.717, 1.165) is 0 Å². The quantitative estimate of drug-likeness (QED) is 0.764. The van der Waals surface area contributed by atoms with Gasteiger partial charge in [-0.25, -0.2) is 9.18 Å². The lowest BCUT2D eigenvalue weighted by atomic mass is 10.3. The molecule has 5 nitrogen and oxygen atoms in total. The van der Waals surface area contributed by atoms with E-state index in [1.54, 1.807) is 26.3 Å². The van der Waals surface area contributed by atoms with Crippen LogP contribution in [0.5, 0.6) is 5.75 Å². The molecule has 0 aliphatic carbocycles. The maximum absolute atomic E-state index is 12.6. The molecule has 0 atom stereocenters. The van der Waals surface area contributed by atoms with Gasteiger partial charge in [0.2, 0.25) is 0 Å². The summed E-state index contributed by atoms with van der Waals surface area (Å²) in [5.74, 6) is 0.267. The Hall–Kier alpha value is -1.82. The normalized spacial score (nSPS) is 10.1. The largest absolute Gasteiger partial charge is 0.492 e. The molecule has 19 heavy (non-hydrogen) atoms. The summed E-state index contributed by atoms with van der Waals surface area (Å²) in [6.45, 7) is 1.74.